The summed E-state index contributed by atoms with van der Waals surface area (Å²) in [7, 11) is 2.18. The van der Waals surface area contributed by atoms with Crippen LogP contribution in [0.5, 0.6) is 5.75 Å². The monoisotopic (exact) mass is 536 g/mol. The van der Waals surface area contributed by atoms with Crippen molar-refractivity contribution in [1.82, 2.24) is 29.2 Å². The molecule has 1 N–H and O–H groups in total. The summed E-state index contributed by atoms with van der Waals surface area (Å²) in [5, 5.41) is 3.77. The Morgan fingerprint density at radius 3 is 2.85 bits per heavy atom. The summed E-state index contributed by atoms with van der Waals surface area (Å²) in [6, 6.07) is 10.1. The second kappa shape index (κ2) is 8.49. The minimum atomic E-state index is -0.206. The van der Waals surface area contributed by atoms with E-state index in [4.69, 9.17) is 14.7 Å². The van der Waals surface area contributed by atoms with Crippen LogP contribution in [0.1, 0.15) is 30.4 Å². The predicted molar refractivity (Wildman–Crippen MR) is 149 cm³/mol. The third-order valence-corrected chi connectivity index (χ3v) is 8.39. The third-order valence-electron chi connectivity index (χ3n) is 8.39. The van der Waals surface area contributed by atoms with Crippen molar-refractivity contribution < 1.29 is 9.53 Å². The first-order valence-electron chi connectivity index (χ1n) is 13.7. The smallest absolute Gasteiger partial charge is 0.278 e. The largest absolute Gasteiger partial charge is 0.480 e. The Kier molecular flexibility index (Phi) is 4.96. The number of rotatable bonds is 2. The Morgan fingerprint density at radius 1 is 1.07 bits per heavy atom. The summed E-state index contributed by atoms with van der Waals surface area (Å²) in [4.78, 5) is 44.3. The van der Waals surface area contributed by atoms with Gasteiger partial charge in [-0.3, -0.25) is 14.5 Å². The third kappa shape index (κ3) is 3.57. The van der Waals surface area contributed by atoms with Crippen molar-refractivity contribution in [3.8, 4) is 11.6 Å². The van der Waals surface area contributed by atoms with Crippen molar-refractivity contribution in [3.05, 3.63) is 70.2 Å². The summed E-state index contributed by atoms with van der Waals surface area (Å²) < 4.78 is 8.94. The Labute approximate surface area is 229 Å². The normalized spacial score (nSPS) is 19.1. The van der Waals surface area contributed by atoms with Gasteiger partial charge in [0, 0.05) is 36.9 Å². The average molecular weight is 537 g/mol. The number of aromatic nitrogens is 5. The maximum atomic E-state index is 13.5. The van der Waals surface area contributed by atoms with Crippen molar-refractivity contribution in [3.63, 3.8) is 0 Å². The van der Waals surface area contributed by atoms with Gasteiger partial charge in [-0.05, 0) is 61.7 Å². The lowest BCUT2D eigenvalue weighted by Gasteiger charge is -2.32. The van der Waals surface area contributed by atoms with Crippen LogP contribution in [-0.4, -0.2) is 61.9 Å². The summed E-state index contributed by atoms with van der Waals surface area (Å²) in [5.74, 6) is 1.72. The Balaban J connectivity index is 1.24. The van der Waals surface area contributed by atoms with Crippen LogP contribution in [0.3, 0.4) is 0 Å². The summed E-state index contributed by atoms with van der Waals surface area (Å²) in [6.07, 6.45) is 8.55. The summed E-state index contributed by atoms with van der Waals surface area (Å²) >= 11 is 0. The fraction of sp³-hybridized carbons (Fsp3) is 0.345. The number of hydrogen-bond donors (Lipinski definition) is 1. The molecule has 2 bridgehead atoms. The van der Waals surface area contributed by atoms with E-state index in [0.717, 1.165) is 18.8 Å². The first-order chi connectivity index (χ1) is 19.5. The molecule has 0 atom stereocenters. The molecule has 8 rings (SSSR count). The maximum Gasteiger partial charge on any atom is 0.278 e. The molecule has 6 heterocycles. The van der Waals surface area contributed by atoms with Gasteiger partial charge in [-0.2, -0.15) is 4.98 Å². The number of allylic oxidation sites excluding steroid dienone is 1. The standard InChI is InChI=1S/C29H28N8O3/c1-34-15-18-5-6-19(13-21(18)29(17-34)9-10-29)31-28-30-14-20-25(33-28)37-23-8-7-22-26(32-23)35(24(38)16-40-22)11-3-2-4-12-36(37)27(20)39/h2,4-8,13-14H,3,9-12,15-17H2,1H3,(H,30,31,33). The van der Waals surface area contributed by atoms with Crippen LogP contribution in [-0.2, 0) is 23.3 Å². The van der Waals surface area contributed by atoms with Gasteiger partial charge < -0.3 is 15.0 Å². The van der Waals surface area contributed by atoms with Gasteiger partial charge in [-0.25, -0.2) is 19.3 Å². The lowest BCUT2D eigenvalue weighted by atomic mass is 9.87. The number of hydrogen-bond acceptors (Lipinski definition) is 8. The molecule has 11 nitrogen and oxygen atoms in total. The minimum absolute atomic E-state index is 0.0162. The topological polar surface area (TPSA) is 110 Å². The van der Waals surface area contributed by atoms with Crippen molar-refractivity contribution in [2.45, 2.75) is 37.8 Å². The number of benzene rings is 1. The molecule has 1 saturated carbocycles. The molecule has 3 aromatic heterocycles. The van der Waals surface area contributed by atoms with Gasteiger partial charge in [-0.15, -0.1) is 0 Å². The highest BCUT2D eigenvalue weighted by Crippen LogP contribution is 2.52. The number of carbonyl (C=O) groups is 1. The zero-order valence-corrected chi connectivity index (χ0v) is 22.1. The summed E-state index contributed by atoms with van der Waals surface area (Å²) in [5.41, 5.74) is 4.21. The molecule has 40 heavy (non-hydrogen) atoms. The fourth-order valence-electron chi connectivity index (χ4n) is 6.34. The molecular weight excluding hydrogens is 508 g/mol. The number of nitrogens with one attached hydrogen (secondary N) is 1. The zero-order valence-electron chi connectivity index (χ0n) is 22.1. The predicted octanol–water partition coefficient (Wildman–Crippen LogP) is 2.88. The molecule has 1 aromatic carbocycles. The molecule has 1 fully saturated rings. The average Bonchev–Trinajstić information content (AvgIpc) is 3.66. The highest BCUT2D eigenvalue weighted by atomic mass is 16.5. The first kappa shape index (κ1) is 23.4. The number of nitrogens with zero attached hydrogens (tertiary/aromatic N) is 7. The quantitative estimate of drug-likeness (QED) is 0.390. The molecule has 1 spiro atoms. The van der Waals surface area contributed by atoms with Crippen LogP contribution >= 0.6 is 0 Å². The second-order valence-electron chi connectivity index (χ2n) is 11.2. The number of likely N-dealkylation sites (N-methyl/N-ethyl adjacent to an activating group) is 1. The van der Waals surface area contributed by atoms with E-state index in [1.807, 2.05) is 12.2 Å². The van der Waals surface area contributed by atoms with Crippen LogP contribution < -0.4 is 20.5 Å². The van der Waals surface area contributed by atoms with Gasteiger partial charge in [0.15, 0.2) is 29.6 Å². The molecular formula is C29H28N8O3. The van der Waals surface area contributed by atoms with Gasteiger partial charge >= 0.3 is 0 Å². The van der Waals surface area contributed by atoms with Crippen LogP contribution in [0, 0.1) is 0 Å². The van der Waals surface area contributed by atoms with E-state index >= 15 is 0 Å². The molecule has 0 radical (unpaired) electrons. The lowest BCUT2D eigenvalue weighted by molar-refractivity contribution is -0.121. The number of anilines is 3. The molecule has 11 heteroatoms. The number of carbonyl (C=O) groups excluding carboxylic acids is 1. The number of fused-ring (bicyclic) bond motifs is 7. The number of ether oxygens (including phenoxy) is 1. The maximum absolute atomic E-state index is 13.5. The van der Waals surface area contributed by atoms with Crippen molar-refractivity contribution in [1.29, 1.82) is 0 Å². The highest BCUT2D eigenvalue weighted by Gasteiger charge is 2.48. The van der Waals surface area contributed by atoms with Gasteiger partial charge in [0.2, 0.25) is 5.95 Å². The van der Waals surface area contributed by atoms with E-state index in [1.54, 1.807) is 32.6 Å². The molecule has 3 aliphatic heterocycles. The van der Waals surface area contributed by atoms with E-state index < -0.39 is 0 Å². The molecule has 0 unspecified atom stereocenters. The van der Waals surface area contributed by atoms with Crippen molar-refractivity contribution >= 4 is 34.4 Å². The van der Waals surface area contributed by atoms with Crippen molar-refractivity contribution in [2.24, 2.45) is 0 Å². The second-order valence-corrected chi connectivity index (χ2v) is 11.2. The van der Waals surface area contributed by atoms with Crippen LogP contribution in [0.4, 0.5) is 17.5 Å². The fourth-order valence-corrected chi connectivity index (χ4v) is 6.34. The van der Waals surface area contributed by atoms with E-state index in [9.17, 15) is 9.59 Å². The van der Waals surface area contributed by atoms with E-state index in [1.165, 1.54) is 24.0 Å². The van der Waals surface area contributed by atoms with Gasteiger partial charge in [0.1, 0.15) is 5.39 Å². The van der Waals surface area contributed by atoms with E-state index in [-0.39, 0.29) is 23.5 Å². The molecule has 202 valence electrons. The van der Waals surface area contributed by atoms with Gasteiger partial charge in [0.25, 0.3) is 11.5 Å². The Morgan fingerprint density at radius 2 is 1.98 bits per heavy atom. The zero-order chi connectivity index (χ0) is 27.0. The first-order valence-corrected chi connectivity index (χ1v) is 13.7. The van der Waals surface area contributed by atoms with Gasteiger partial charge in [-0.1, -0.05) is 18.2 Å². The van der Waals surface area contributed by atoms with E-state index in [0.29, 0.717) is 53.9 Å². The molecule has 4 aromatic rings. The van der Waals surface area contributed by atoms with Crippen LogP contribution in [0.15, 0.2) is 53.5 Å². The molecule has 1 aliphatic carbocycles. The highest BCUT2D eigenvalue weighted by molar-refractivity contribution is 5.96. The van der Waals surface area contributed by atoms with E-state index in [2.05, 4.69) is 40.4 Å². The Hall–Kier alpha value is -4.51. The van der Waals surface area contributed by atoms with Crippen LogP contribution in [0.25, 0.3) is 16.9 Å². The lowest BCUT2D eigenvalue weighted by Crippen LogP contribution is -2.40. The number of pyridine rings is 1. The SMILES string of the molecule is CN1Cc2ccc(Nc3ncc4c(=O)n5n(c4n3)-c3ccc4c(n3)N(CCC=CC5)C(=O)CO4)cc2C2(CC2)C1. The summed E-state index contributed by atoms with van der Waals surface area (Å²) in [6.45, 7) is 2.85. The molecule has 0 saturated heterocycles. The number of amides is 1. The molecule has 1 amide bonds. The Bertz CT molecular complexity index is 1800. The van der Waals surface area contributed by atoms with Crippen molar-refractivity contribution in [2.75, 3.05) is 37.0 Å². The minimum Gasteiger partial charge on any atom is -0.480 e. The van der Waals surface area contributed by atoms with Gasteiger partial charge in [0.05, 0.1) is 6.54 Å². The van der Waals surface area contributed by atoms with Crippen LogP contribution in [0.2, 0.25) is 0 Å². The molecule has 4 aliphatic rings.